The Morgan fingerprint density at radius 2 is 2.05 bits per heavy atom. The maximum absolute atomic E-state index is 12.4. The van der Waals surface area contributed by atoms with Gasteiger partial charge < -0.3 is 14.4 Å². The minimum Gasteiger partial charge on any atom is -0.494 e. The van der Waals surface area contributed by atoms with Crippen LogP contribution in [0.4, 0.5) is 0 Å². The number of hydrogen-bond acceptors (Lipinski definition) is 3. The van der Waals surface area contributed by atoms with Crippen LogP contribution in [0.3, 0.4) is 0 Å². The predicted molar refractivity (Wildman–Crippen MR) is 77.9 cm³/mol. The van der Waals surface area contributed by atoms with Crippen molar-refractivity contribution in [2.24, 2.45) is 0 Å². The van der Waals surface area contributed by atoms with E-state index in [1.54, 1.807) is 0 Å². The number of hydrogen-bond donors (Lipinski definition) is 0. The Labute approximate surface area is 120 Å². The Kier molecular flexibility index (Phi) is 5.01. The smallest absolute Gasteiger partial charge is 0.227 e. The van der Waals surface area contributed by atoms with Gasteiger partial charge in [-0.25, -0.2) is 0 Å². The lowest BCUT2D eigenvalue weighted by atomic mass is 10.1. The molecule has 0 spiro atoms. The molecule has 1 aromatic carbocycles. The molecule has 0 bridgehead atoms. The number of carbonyl (C=O) groups excluding carboxylic acids is 1. The van der Waals surface area contributed by atoms with E-state index in [1.165, 1.54) is 0 Å². The molecule has 0 saturated carbocycles. The molecule has 110 valence electrons. The second-order valence-electron chi connectivity index (χ2n) is 5.16. The van der Waals surface area contributed by atoms with Gasteiger partial charge in [0.1, 0.15) is 5.75 Å². The quantitative estimate of drug-likeness (QED) is 0.847. The van der Waals surface area contributed by atoms with Crippen molar-refractivity contribution < 1.29 is 14.3 Å². The molecule has 2 atom stereocenters. The lowest BCUT2D eigenvalue weighted by Gasteiger charge is -2.38. The summed E-state index contributed by atoms with van der Waals surface area (Å²) in [6.07, 6.45) is 0.539. The molecule has 0 aliphatic carbocycles. The summed E-state index contributed by atoms with van der Waals surface area (Å²) in [5, 5.41) is 0. The van der Waals surface area contributed by atoms with Crippen molar-refractivity contribution in [3.8, 4) is 5.75 Å². The summed E-state index contributed by atoms with van der Waals surface area (Å²) in [6, 6.07) is 7.88. The predicted octanol–water partition coefficient (Wildman–Crippen LogP) is 2.26. The number of morpholine rings is 1. The minimum absolute atomic E-state index is 0.105. The molecular weight excluding hydrogens is 254 g/mol. The minimum atomic E-state index is 0.105. The molecule has 2 rings (SSSR count). The number of ether oxygens (including phenoxy) is 2. The molecule has 1 amide bonds. The molecule has 0 aromatic heterocycles. The van der Waals surface area contributed by atoms with E-state index in [9.17, 15) is 4.79 Å². The summed E-state index contributed by atoms with van der Waals surface area (Å²) in [7, 11) is 0. The van der Waals surface area contributed by atoms with Gasteiger partial charge >= 0.3 is 0 Å². The fourth-order valence-corrected chi connectivity index (χ4v) is 2.43. The first-order valence-corrected chi connectivity index (χ1v) is 7.24. The summed E-state index contributed by atoms with van der Waals surface area (Å²) < 4.78 is 11.0. The van der Waals surface area contributed by atoms with Gasteiger partial charge in [-0.3, -0.25) is 4.79 Å². The lowest BCUT2D eigenvalue weighted by molar-refractivity contribution is -0.143. The zero-order chi connectivity index (χ0) is 14.5. The van der Waals surface area contributed by atoms with E-state index in [4.69, 9.17) is 9.47 Å². The maximum Gasteiger partial charge on any atom is 0.227 e. The van der Waals surface area contributed by atoms with Crippen LogP contribution in [-0.2, 0) is 16.0 Å². The Bertz CT molecular complexity index is 444. The van der Waals surface area contributed by atoms with Gasteiger partial charge in [0.2, 0.25) is 5.91 Å². The first-order chi connectivity index (χ1) is 9.61. The topological polar surface area (TPSA) is 38.8 Å². The second-order valence-corrected chi connectivity index (χ2v) is 5.16. The summed E-state index contributed by atoms with van der Waals surface area (Å²) in [4.78, 5) is 14.3. The molecule has 1 fully saturated rings. The van der Waals surface area contributed by atoms with Crippen molar-refractivity contribution in [1.29, 1.82) is 0 Å². The van der Waals surface area contributed by atoms with Crippen LogP contribution >= 0.6 is 0 Å². The average Bonchev–Trinajstić information content (AvgIpc) is 2.44. The molecule has 2 unspecified atom stereocenters. The van der Waals surface area contributed by atoms with Crippen molar-refractivity contribution in [3.63, 3.8) is 0 Å². The fourth-order valence-electron chi connectivity index (χ4n) is 2.43. The Morgan fingerprint density at radius 3 is 2.70 bits per heavy atom. The highest BCUT2D eigenvalue weighted by Crippen LogP contribution is 2.17. The van der Waals surface area contributed by atoms with Crippen LogP contribution in [0.25, 0.3) is 0 Å². The van der Waals surface area contributed by atoms with Crippen molar-refractivity contribution in [2.75, 3.05) is 19.8 Å². The van der Waals surface area contributed by atoms with Crippen molar-refractivity contribution in [3.05, 3.63) is 29.8 Å². The standard InChI is InChI=1S/C16H23NO3/c1-4-19-15-7-5-14(6-8-15)11-16(18)17-9-10-20-13(3)12(17)2/h5-8,12-13H,4,9-11H2,1-3H3. The summed E-state index contributed by atoms with van der Waals surface area (Å²) >= 11 is 0. The third kappa shape index (κ3) is 3.51. The number of nitrogens with zero attached hydrogens (tertiary/aromatic N) is 1. The van der Waals surface area contributed by atoms with Gasteiger partial charge in [0, 0.05) is 6.54 Å². The third-order valence-electron chi connectivity index (χ3n) is 3.79. The van der Waals surface area contributed by atoms with Gasteiger partial charge in [-0.15, -0.1) is 0 Å². The summed E-state index contributed by atoms with van der Waals surface area (Å²) in [5.41, 5.74) is 1.02. The number of carbonyl (C=O) groups is 1. The van der Waals surface area contributed by atoms with Crippen molar-refractivity contribution in [2.45, 2.75) is 39.3 Å². The van der Waals surface area contributed by atoms with Gasteiger partial charge in [-0.05, 0) is 38.5 Å². The zero-order valence-corrected chi connectivity index (χ0v) is 12.5. The van der Waals surface area contributed by atoms with E-state index >= 15 is 0 Å². The molecule has 0 N–H and O–H groups in total. The van der Waals surface area contributed by atoms with Crippen LogP contribution in [0.2, 0.25) is 0 Å². The SMILES string of the molecule is CCOc1ccc(CC(=O)N2CCOC(C)C2C)cc1. The van der Waals surface area contributed by atoms with Crippen LogP contribution in [0.1, 0.15) is 26.3 Å². The molecule has 1 aliphatic rings. The highest BCUT2D eigenvalue weighted by molar-refractivity contribution is 5.79. The first-order valence-electron chi connectivity index (χ1n) is 7.24. The van der Waals surface area contributed by atoms with Crippen LogP contribution < -0.4 is 4.74 Å². The molecule has 1 aliphatic heterocycles. The van der Waals surface area contributed by atoms with Crippen molar-refractivity contribution in [1.82, 2.24) is 4.90 Å². The third-order valence-corrected chi connectivity index (χ3v) is 3.79. The van der Waals surface area contributed by atoms with Crippen LogP contribution in [0.5, 0.6) is 5.75 Å². The van der Waals surface area contributed by atoms with Gasteiger partial charge in [0.05, 0.1) is 31.8 Å². The Hall–Kier alpha value is -1.55. The van der Waals surface area contributed by atoms with Crippen LogP contribution in [-0.4, -0.2) is 42.7 Å². The Balaban J connectivity index is 1.96. The van der Waals surface area contributed by atoms with Gasteiger partial charge in [-0.1, -0.05) is 12.1 Å². The van der Waals surface area contributed by atoms with Gasteiger partial charge in [0.15, 0.2) is 0 Å². The largest absolute Gasteiger partial charge is 0.494 e. The van der Waals surface area contributed by atoms with E-state index in [0.717, 1.165) is 11.3 Å². The number of rotatable bonds is 4. The maximum atomic E-state index is 12.4. The van der Waals surface area contributed by atoms with Gasteiger partial charge in [0.25, 0.3) is 0 Å². The van der Waals surface area contributed by atoms with Gasteiger partial charge in [-0.2, -0.15) is 0 Å². The fraction of sp³-hybridized carbons (Fsp3) is 0.562. The number of amides is 1. The highest BCUT2D eigenvalue weighted by atomic mass is 16.5. The van der Waals surface area contributed by atoms with Crippen LogP contribution in [0, 0.1) is 0 Å². The summed E-state index contributed by atoms with van der Waals surface area (Å²) in [5.74, 6) is 1.01. The van der Waals surface area contributed by atoms with E-state index in [2.05, 4.69) is 0 Å². The normalized spacial score (nSPS) is 22.6. The number of benzene rings is 1. The monoisotopic (exact) mass is 277 g/mol. The van der Waals surface area contributed by atoms with E-state index in [0.29, 0.717) is 26.2 Å². The lowest BCUT2D eigenvalue weighted by Crippen LogP contribution is -2.51. The molecule has 20 heavy (non-hydrogen) atoms. The van der Waals surface area contributed by atoms with Crippen molar-refractivity contribution >= 4 is 5.91 Å². The van der Waals surface area contributed by atoms with E-state index in [1.807, 2.05) is 49.9 Å². The zero-order valence-electron chi connectivity index (χ0n) is 12.5. The molecule has 1 aromatic rings. The molecule has 1 heterocycles. The van der Waals surface area contributed by atoms with E-state index < -0.39 is 0 Å². The Morgan fingerprint density at radius 1 is 1.35 bits per heavy atom. The summed E-state index contributed by atoms with van der Waals surface area (Å²) in [6.45, 7) is 7.97. The first kappa shape index (κ1) is 14.9. The second kappa shape index (κ2) is 6.75. The molecule has 1 saturated heterocycles. The molecular formula is C16H23NO3. The molecule has 0 radical (unpaired) electrons. The highest BCUT2D eigenvalue weighted by Gasteiger charge is 2.28. The van der Waals surface area contributed by atoms with Crippen LogP contribution in [0.15, 0.2) is 24.3 Å². The molecule has 4 heteroatoms. The van der Waals surface area contributed by atoms with E-state index in [-0.39, 0.29) is 18.1 Å². The molecule has 4 nitrogen and oxygen atoms in total. The average molecular weight is 277 g/mol.